The Morgan fingerprint density at radius 1 is 1.29 bits per heavy atom. The maximum absolute atomic E-state index is 11.7. The third-order valence-corrected chi connectivity index (χ3v) is 3.39. The number of nitrogens with one attached hydrogen (secondary N) is 1. The summed E-state index contributed by atoms with van der Waals surface area (Å²) in [5, 5.41) is 2.90. The molecule has 0 bridgehead atoms. The summed E-state index contributed by atoms with van der Waals surface area (Å²) in [6, 6.07) is 7.64. The van der Waals surface area contributed by atoms with E-state index < -0.39 is 0 Å². The number of nitrogens with zero attached hydrogens (tertiary/aromatic N) is 1. The molecule has 0 atom stereocenters. The first-order valence-corrected chi connectivity index (χ1v) is 6.73. The Hall–Kier alpha value is -0.870. The summed E-state index contributed by atoms with van der Waals surface area (Å²) in [6.45, 7) is 6.99. The zero-order valence-electron chi connectivity index (χ0n) is 10.4. The van der Waals surface area contributed by atoms with Crippen LogP contribution in [0.2, 0.25) is 0 Å². The second-order valence-corrected chi connectivity index (χ2v) is 4.66. The van der Waals surface area contributed by atoms with Gasteiger partial charge in [-0.05, 0) is 41.2 Å². The van der Waals surface area contributed by atoms with E-state index in [-0.39, 0.29) is 5.91 Å². The molecule has 0 spiro atoms. The van der Waals surface area contributed by atoms with Crippen LogP contribution in [-0.4, -0.2) is 30.4 Å². The van der Waals surface area contributed by atoms with Crippen molar-refractivity contribution < 1.29 is 4.79 Å². The van der Waals surface area contributed by atoms with Gasteiger partial charge in [0.2, 0.25) is 5.91 Å². The van der Waals surface area contributed by atoms with Gasteiger partial charge < -0.3 is 10.2 Å². The quantitative estimate of drug-likeness (QED) is 0.875. The zero-order chi connectivity index (χ0) is 12.7. The number of anilines is 1. The average molecular weight is 299 g/mol. The molecule has 3 nitrogen and oxygen atoms in total. The molecule has 0 aromatic heterocycles. The summed E-state index contributed by atoms with van der Waals surface area (Å²) in [5.41, 5.74) is 0.831. The highest BCUT2D eigenvalue weighted by Gasteiger charge is 2.07. The SMILES string of the molecule is CCN(CC)CCC(=O)Nc1ccccc1Br. The van der Waals surface area contributed by atoms with E-state index in [0.29, 0.717) is 6.42 Å². The molecule has 0 saturated heterocycles. The maximum Gasteiger partial charge on any atom is 0.225 e. The third kappa shape index (κ3) is 4.88. The lowest BCUT2D eigenvalue weighted by Gasteiger charge is -2.17. The van der Waals surface area contributed by atoms with Crippen LogP contribution in [0.5, 0.6) is 0 Å². The molecule has 0 aliphatic heterocycles. The summed E-state index contributed by atoms with van der Waals surface area (Å²) in [6.07, 6.45) is 0.531. The molecular formula is C13H19BrN2O. The van der Waals surface area contributed by atoms with Gasteiger partial charge in [0.1, 0.15) is 0 Å². The van der Waals surface area contributed by atoms with Gasteiger partial charge in [-0.15, -0.1) is 0 Å². The van der Waals surface area contributed by atoms with Crippen molar-refractivity contribution in [3.8, 4) is 0 Å². The van der Waals surface area contributed by atoms with Crippen molar-refractivity contribution in [2.45, 2.75) is 20.3 Å². The van der Waals surface area contributed by atoms with Crippen LogP contribution in [0.1, 0.15) is 20.3 Å². The minimum Gasteiger partial charge on any atom is -0.325 e. The number of para-hydroxylation sites is 1. The monoisotopic (exact) mass is 298 g/mol. The number of benzene rings is 1. The van der Waals surface area contributed by atoms with E-state index in [9.17, 15) is 4.79 Å². The predicted octanol–water partition coefficient (Wildman–Crippen LogP) is 3.12. The Morgan fingerprint density at radius 3 is 2.53 bits per heavy atom. The van der Waals surface area contributed by atoms with Gasteiger partial charge in [0.15, 0.2) is 0 Å². The van der Waals surface area contributed by atoms with Crippen LogP contribution in [0.4, 0.5) is 5.69 Å². The molecule has 0 radical (unpaired) electrons. The van der Waals surface area contributed by atoms with Gasteiger partial charge in [-0.25, -0.2) is 0 Å². The Morgan fingerprint density at radius 2 is 1.94 bits per heavy atom. The van der Waals surface area contributed by atoms with Crippen molar-refractivity contribution in [1.29, 1.82) is 0 Å². The molecule has 4 heteroatoms. The second kappa shape index (κ2) is 7.45. The van der Waals surface area contributed by atoms with Gasteiger partial charge in [0.25, 0.3) is 0 Å². The first kappa shape index (κ1) is 14.2. The highest BCUT2D eigenvalue weighted by Crippen LogP contribution is 2.21. The number of rotatable bonds is 6. The molecule has 0 heterocycles. The fourth-order valence-corrected chi connectivity index (χ4v) is 1.96. The third-order valence-electron chi connectivity index (χ3n) is 2.70. The summed E-state index contributed by atoms with van der Waals surface area (Å²) < 4.78 is 0.913. The summed E-state index contributed by atoms with van der Waals surface area (Å²) in [7, 11) is 0. The van der Waals surface area contributed by atoms with E-state index in [0.717, 1.165) is 29.8 Å². The summed E-state index contributed by atoms with van der Waals surface area (Å²) in [4.78, 5) is 14.0. The summed E-state index contributed by atoms with van der Waals surface area (Å²) in [5.74, 6) is 0.0591. The van der Waals surface area contributed by atoms with Crippen molar-refractivity contribution in [2.75, 3.05) is 25.0 Å². The lowest BCUT2D eigenvalue weighted by molar-refractivity contribution is -0.116. The van der Waals surface area contributed by atoms with Crippen LogP contribution in [0.3, 0.4) is 0 Å². The molecule has 17 heavy (non-hydrogen) atoms. The first-order valence-electron chi connectivity index (χ1n) is 5.94. The number of carbonyl (C=O) groups excluding carboxylic acids is 1. The normalized spacial score (nSPS) is 10.6. The van der Waals surface area contributed by atoms with Crippen molar-refractivity contribution in [1.82, 2.24) is 4.90 Å². The number of hydrogen-bond acceptors (Lipinski definition) is 2. The Balaban J connectivity index is 2.42. The molecule has 1 rings (SSSR count). The molecule has 0 aliphatic carbocycles. The molecule has 94 valence electrons. The Labute approximate surface area is 111 Å². The Kier molecular flexibility index (Phi) is 6.22. The maximum atomic E-state index is 11.7. The van der Waals surface area contributed by atoms with E-state index in [1.807, 2.05) is 24.3 Å². The number of carbonyl (C=O) groups is 1. The number of halogens is 1. The topological polar surface area (TPSA) is 32.3 Å². The van der Waals surface area contributed by atoms with E-state index in [2.05, 4.69) is 40.0 Å². The molecule has 1 N–H and O–H groups in total. The molecule has 0 saturated carbocycles. The van der Waals surface area contributed by atoms with Crippen molar-refractivity contribution in [3.63, 3.8) is 0 Å². The lowest BCUT2D eigenvalue weighted by atomic mass is 10.3. The number of hydrogen-bond donors (Lipinski definition) is 1. The average Bonchev–Trinajstić information content (AvgIpc) is 2.33. The van der Waals surface area contributed by atoms with Gasteiger partial charge in [0, 0.05) is 17.4 Å². The fourth-order valence-electron chi connectivity index (χ4n) is 1.57. The van der Waals surface area contributed by atoms with Gasteiger partial charge in [-0.3, -0.25) is 4.79 Å². The highest BCUT2D eigenvalue weighted by molar-refractivity contribution is 9.10. The van der Waals surface area contributed by atoms with Crippen LogP contribution in [0.25, 0.3) is 0 Å². The van der Waals surface area contributed by atoms with E-state index in [1.54, 1.807) is 0 Å². The van der Waals surface area contributed by atoms with Crippen LogP contribution < -0.4 is 5.32 Å². The standard InChI is InChI=1S/C13H19BrN2O/c1-3-16(4-2)10-9-13(17)15-12-8-6-5-7-11(12)14/h5-8H,3-4,9-10H2,1-2H3,(H,15,17). The lowest BCUT2D eigenvalue weighted by Crippen LogP contribution is -2.27. The van der Waals surface area contributed by atoms with Crippen molar-refractivity contribution in [2.24, 2.45) is 0 Å². The van der Waals surface area contributed by atoms with Gasteiger partial charge in [-0.2, -0.15) is 0 Å². The Bertz CT molecular complexity index is 364. The molecule has 1 aromatic carbocycles. The number of amides is 1. The van der Waals surface area contributed by atoms with Crippen LogP contribution >= 0.6 is 15.9 Å². The first-order chi connectivity index (χ1) is 8.17. The minimum atomic E-state index is 0.0591. The van der Waals surface area contributed by atoms with E-state index in [1.165, 1.54) is 0 Å². The zero-order valence-corrected chi connectivity index (χ0v) is 12.0. The van der Waals surface area contributed by atoms with Gasteiger partial charge in [-0.1, -0.05) is 26.0 Å². The molecule has 0 unspecified atom stereocenters. The van der Waals surface area contributed by atoms with Crippen LogP contribution in [0, 0.1) is 0 Å². The molecule has 0 fully saturated rings. The smallest absolute Gasteiger partial charge is 0.225 e. The van der Waals surface area contributed by atoms with Crippen LogP contribution in [0.15, 0.2) is 28.7 Å². The van der Waals surface area contributed by atoms with Gasteiger partial charge in [0.05, 0.1) is 5.69 Å². The van der Waals surface area contributed by atoms with Crippen molar-refractivity contribution in [3.05, 3.63) is 28.7 Å². The summed E-state index contributed by atoms with van der Waals surface area (Å²) >= 11 is 3.41. The van der Waals surface area contributed by atoms with E-state index >= 15 is 0 Å². The molecule has 1 aromatic rings. The largest absolute Gasteiger partial charge is 0.325 e. The molecular weight excluding hydrogens is 280 g/mol. The fraction of sp³-hybridized carbons (Fsp3) is 0.462. The minimum absolute atomic E-state index is 0.0591. The van der Waals surface area contributed by atoms with Crippen LogP contribution in [-0.2, 0) is 4.79 Å². The van der Waals surface area contributed by atoms with Gasteiger partial charge >= 0.3 is 0 Å². The molecule has 0 aliphatic rings. The second-order valence-electron chi connectivity index (χ2n) is 3.80. The van der Waals surface area contributed by atoms with E-state index in [4.69, 9.17) is 0 Å². The highest BCUT2D eigenvalue weighted by atomic mass is 79.9. The molecule has 1 amide bonds. The predicted molar refractivity (Wildman–Crippen MR) is 75.2 cm³/mol. The van der Waals surface area contributed by atoms with Crippen molar-refractivity contribution >= 4 is 27.5 Å².